The van der Waals surface area contributed by atoms with E-state index in [1.807, 2.05) is 22.6 Å². The molecule has 4 aliphatic heterocycles. The first kappa shape index (κ1) is 57.0. The van der Waals surface area contributed by atoms with Gasteiger partial charge in [-0.1, -0.05) is 45.9 Å². The number of ketones is 1. The highest BCUT2D eigenvalue weighted by atomic mass is 19.1. The Bertz CT molecular complexity index is 3240. The second kappa shape index (κ2) is 22.3. The number of pyridine rings is 1. The monoisotopic (exact) mass is 1080 g/mol. The predicted molar refractivity (Wildman–Crippen MR) is 292 cm³/mol. The molecule has 3 aromatic carbocycles. The van der Waals surface area contributed by atoms with Crippen LogP contribution >= 0.6 is 0 Å². The van der Waals surface area contributed by atoms with E-state index < -0.39 is 101 Å². The summed E-state index contributed by atoms with van der Waals surface area (Å²) in [5.41, 5.74) is 3.39. The molecular formula is C58H72FN5O14. The van der Waals surface area contributed by atoms with Gasteiger partial charge in [0.25, 0.3) is 11.7 Å². The summed E-state index contributed by atoms with van der Waals surface area (Å²) in [5.74, 6) is -9.50. The Morgan fingerprint density at radius 2 is 1.68 bits per heavy atom. The number of phenolic OH excluding ortho intramolecular Hbond substituents is 3. The first-order valence-corrected chi connectivity index (χ1v) is 26.4. The van der Waals surface area contributed by atoms with Crippen molar-refractivity contribution in [2.45, 2.75) is 131 Å². The summed E-state index contributed by atoms with van der Waals surface area (Å²) >= 11 is 0. The highest BCUT2D eigenvalue weighted by Crippen LogP contribution is 2.55. The van der Waals surface area contributed by atoms with E-state index in [1.54, 1.807) is 46.8 Å². The summed E-state index contributed by atoms with van der Waals surface area (Å²) in [6.07, 6.45) is 8.70. The fourth-order valence-corrected chi connectivity index (χ4v) is 11.3. The number of fused-ring (bicyclic) bond motifs is 15. The van der Waals surface area contributed by atoms with Crippen LogP contribution < -0.4 is 30.5 Å². The molecule has 4 aromatic rings. The van der Waals surface area contributed by atoms with Crippen molar-refractivity contribution >= 4 is 56.9 Å². The van der Waals surface area contributed by atoms with E-state index in [4.69, 9.17) is 23.7 Å². The van der Waals surface area contributed by atoms with E-state index in [0.29, 0.717) is 30.6 Å². The molecule has 2 unspecified atom stereocenters. The van der Waals surface area contributed by atoms with Crippen LogP contribution in [0.5, 0.6) is 28.7 Å². The maximum Gasteiger partial charge on any atom is 0.312 e. The van der Waals surface area contributed by atoms with Gasteiger partial charge in [0.1, 0.15) is 29.0 Å². The number of methoxy groups -OCH3 is 2. The summed E-state index contributed by atoms with van der Waals surface area (Å²) in [6, 6.07) is 1.08. The number of rotatable bonds is 9. The van der Waals surface area contributed by atoms with Gasteiger partial charge in [-0.3, -0.25) is 19.2 Å². The number of carbonyl (C=O) groups excluding carboxylic acids is 3. The van der Waals surface area contributed by atoms with Crippen LogP contribution in [0.25, 0.3) is 21.7 Å². The Hall–Kier alpha value is -7.16. The van der Waals surface area contributed by atoms with Gasteiger partial charge in [-0.05, 0) is 65.0 Å². The molecule has 19 nitrogen and oxygen atoms in total. The number of benzene rings is 3. The lowest BCUT2D eigenvalue weighted by Gasteiger charge is -2.38. The van der Waals surface area contributed by atoms with Crippen molar-refractivity contribution in [3.8, 4) is 28.7 Å². The minimum atomic E-state index is -2.12. The second-order valence-corrected chi connectivity index (χ2v) is 21.7. The minimum absolute atomic E-state index is 0.00243. The van der Waals surface area contributed by atoms with Gasteiger partial charge >= 0.3 is 11.8 Å². The molecule has 0 radical (unpaired) electrons. The molecule has 11 atom stereocenters. The van der Waals surface area contributed by atoms with Gasteiger partial charge in [0.05, 0.1) is 71.0 Å². The minimum Gasteiger partial charge on any atom is -0.507 e. The van der Waals surface area contributed by atoms with Gasteiger partial charge in [0.2, 0.25) is 0 Å². The van der Waals surface area contributed by atoms with Gasteiger partial charge in [0, 0.05) is 98.1 Å². The van der Waals surface area contributed by atoms with Crippen LogP contribution in [-0.4, -0.2) is 118 Å². The van der Waals surface area contributed by atoms with Crippen LogP contribution in [0.3, 0.4) is 0 Å². The standard InChI is InChI=1S/C58H72FN5O14/c1-26-14-13-15-27(2)57(73)61-44-38(23-60-62-33(8)35-18-20-63(25-35)46-39(59)22-37-45(55(46)75-12)64(36-16-17-36)24-28(3)48(37)67)51(70)41-42(52(44)71)50(69)32(7)54-43(41)56(72)58(10,78-54)76-21-19-40(74-11)29(4)53(77-34(9)65)31(6)49(68)30(5)47(26)66/h13-15,19,21-24,26,29-31,33,35-36,40,47,49,53,62,66,68-71H,16-18,20,25H2,1-12H3,(H,61,73)/b14-13+,21-19+,27-15-,60-23+/t26-,29+,30+,31+,33?,35?,40-,47-,49+,53+,58-/m0/s1. The van der Waals surface area contributed by atoms with E-state index in [9.17, 15) is 44.7 Å². The van der Waals surface area contributed by atoms with Gasteiger partial charge in [0.15, 0.2) is 22.7 Å². The van der Waals surface area contributed by atoms with E-state index in [0.717, 1.165) is 19.1 Å². The number of hydrazone groups is 1. The zero-order valence-corrected chi connectivity index (χ0v) is 46.1. The van der Waals surface area contributed by atoms with Crippen molar-refractivity contribution in [1.29, 1.82) is 0 Å². The number of aromatic nitrogens is 1. The molecule has 0 spiro atoms. The number of nitrogens with zero attached hydrogens (tertiary/aromatic N) is 3. The number of aliphatic hydroxyl groups is 2. The highest BCUT2D eigenvalue weighted by molar-refractivity contribution is 6.24. The van der Waals surface area contributed by atoms with E-state index in [2.05, 4.69) is 15.8 Å². The number of nitrogens with one attached hydrogen (secondary N) is 2. The molecule has 1 amide bonds. The van der Waals surface area contributed by atoms with Crippen molar-refractivity contribution in [2.24, 2.45) is 34.7 Å². The third-order valence-electron chi connectivity index (χ3n) is 16.3. The zero-order chi connectivity index (χ0) is 57.0. The first-order chi connectivity index (χ1) is 36.9. The van der Waals surface area contributed by atoms with E-state index >= 15 is 4.39 Å². The fourth-order valence-electron chi connectivity index (χ4n) is 11.3. The van der Waals surface area contributed by atoms with Crippen LogP contribution in [0.2, 0.25) is 0 Å². The van der Waals surface area contributed by atoms with Crippen molar-refractivity contribution in [3.05, 3.63) is 86.7 Å². The van der Waals surface area contributed by atoms with E-state index in [-0.39, 0.29) is 78.7 Å². The maximum absolute atomic E-state index is 16.2. The number of allylic oxidation sites excluding steroid dienone is 2. The molecule has 9 rings (SSSR count). The molecule has 5 heterocycles. The number of Topliss-reactive ketones (excluding diaryl/α,β-unsaturated/α-hetero) is 1. The number of anilines is 2. The first-order valence-electron chi connectivity index (χ1n) is 26.4. The molecule has 2 fully saturated rings. The van der Waals surface area contributed by atoms with Gasteiger partial charge < -0.3 is 69.4 Å². The Kier molecular flexibility index (Phi) is 16.3. The largest absolute Gasteiger partial charge is 0.507 e. The van der Waals surface area contributed by atoms with Crippen molar-refractivity contribution in [3.63, 3.8) is 0 Å². The number of aryl methyl sites for hydroxylation is 1. The van der Waals surface area contributed by atoms with Crippen molar-refractivity contribution in [1.82, 2.24) is 9.99 Å². The number of aliphatic hydroxyl groups excluding tert-OH is 2. The molecule has 1 saturated heterocycles. The normalized spacial score (nSPS) is 29.0. The van der Waals surface area contributed by atoms with Crippen LogP contribution in [0.4, 0.5) is 15.8 Å². The van der Waals surface area contributed by atoms with Gasteiger partial charge in [-0.25, -0.2) is 4.39 Å². The number of carbonyl (C=O) groups is 3. The van der Waals surface area contributed by atoms with E-state index in [1.165, 1.54) is 66.4 Å². The van der Waals surface area contributed by atoms with Crippen LogP contribution in [0, 0.1) is 49.3 Å². The number of amides is 1. The molecule has 20 heteroatoms. The third kappa shape index (κ3) is 10.4. The Morgan fingerprint density at radius 3 is 2.33 bits per heavy atom. The lowest BCUT2D eigenvalue weighted by Crippen LogP contribution is -2.46. The molecule has 420 valence electrons. The molecule has 1 aliphatic carbocycles. The number of hydrogen-bond donors (Lipinski definition) is 7. The summed E-state index contributed by atoms with van der Waals surface area (Å²) in [5, 5.41) is 66.2. The summed E-state index contributed by atoms with van der Waals surface area (Å²) in [7, 11) is 2.89. The van der Waals surface area contributed by atoms with Gasteiger partial charge in [-0.15, -0.1) is 0 Å². The molecule has 1 saturated carbocycles. The average molecular weight is 1080 g/mol. The average Bonchev–Trinajstić information content (AvgIpc) is 4.26. The van der Waals surface area contributed by atoms with Crippen molar-refractivity contribution in [2.75, 3.05) is 37.5 Å². The highest BCUT2D eigenvalue weighted by Gasteiger charge is 2.50. The number of aromatic hydroxyl groups is 3. The predicted octanol–water partition coefficient (Wildman–Crippen LogP) is 7.70. The quantitative estimate of drug-likeness (QED) is 0.0278. The maximum atomic E-state index is 16.2. The SMILES string of the molecule is COc1c(N2CCC(C(C)N/N=C/c3c4c(O)c5c(O)c(C)c6c(c5c3O)C(=O)[C@@](C)(O/C=C/[C@H](OC)[C@@H](C)[C@@H](OC(C)=O)[C@H](C)[C@H](O)[C@H](C)[C@@H](O)[C@@H](C)/C=C/C=C(/C)C(=O)N4)O6)C2)c(F)cc2c(=O)c(C)cn(C3CC3)c12. The molecule has 5 bridgehead atoms. The topological polar surface area (TPSA) is 260 Å². The molecule has 7 N–H and O–H groups in total. The summed E-state index contributed by atoms with van der Waals surface area (Å²) in [6.45, 7) is 16.8. The number of hydrogen-bond acceptors (Lipinski definition) is 17. The number of esters is 1. The molecule has 78 heavy (non-hydrogen) atoms. The molecule has 1 aromatic heterocycles. The Balaban J connectivity index is 1.17. The van der Waals surface area contributed by atoms with Crippen LogP contribution in [0.1, 0.15) is 108 Å². The third-order valence-corrected chi connectivity index (χ3v) is 16.3. The Morgan fingerprint density at radius 1 is 0.974 bits per heavy atom. The number of halogens is 1. The number of phenols is 3. The van der Waals surface area contributed by atoms with Gasteiger partial charge in [-0.2, -0.15) is 5.10 Å². The Labute approximate surface area is 451 Å². The van der Waals surface area contributed by atoms with Crippen LogP contribution in [0.15, 0.2) is 58.3 Å². The fraction of sp³-hybridized carbons (Fsp3) is 0.500. The molecule has 5 aliphatic rings. The number of ether oxygens (including phenoxy) is 5. The smallest absolute Gasteiger partial charge is 0.312 e. The zero-order valence-electron chi connectivity index (χ0n) is 46.1. The van der Waals surface area contributed by atoms with Crippen LogP contribution in [-0.2, 0) is 23.8 Å². The van der Waals surface area contributed by atoms with Crippen molar-refractivity contribution < 1.29 is 68.0 Å². The summed E-state index contributed by atoms with van der Waals surface area (Å²) < 4.78 is 47.9. The lowest BCUT2D eigenvalue weighted by molar-refractivity contribution is -0.160. The second-order valence-electron chi connectivity index (χ2n) is 21.7. The molecular weight excluding hydrogens is 1010 g/mol. The lowest BCUT2D eigenvalue weighted by atomic mass is 9.78. The summed E-state index contributed by atoms with van der Waals surface area (Å²) in [4.78, 5) is 56.4.